The van der Waals surface area contributed by atoms with Crippen LogP contribution in [0.25, 0.3) is 0 Å². The number of nitrogens with zero attached hydrogens (tertiary/aromatic N) is 2. The molecule has 3 N–H and O–H groups in total. The van der Waals surface area contributed by atoms with Gasteiger partial charge >= 0.3 is 0 Å². The number of carbonyl (C=O) groups excluding carboxylic acids is 1. The predicted molar refractivity (Wildman–Crippen MR) is 53.9 cm³/mol. The van der Waals surface area contributed by atoms with Crippen LogP contribution in [-0.4, -0.2) is 28.3 Å². The van der Waals surface area contributed by atoms with Crippen LogP contribution in [0.4, 0.5) is 0 Å². The molecule has 0 fully saturated rings. The normalized spacial score (nSPS) is 12.6. The molecule has 5 nitrogen and oxygen atoms in total. The molecule has 1 aromatic rings. The average molecular weight is 196 g/mol. The first-order chi connectivity index (χ1) is 6.50. The lowest BCUT2D eigenvalue weighted by Gasteiger charge is -2.06. The lowest BCUT2D eigenvalue weighted by Crippen LogP contribution is -2.35. The molecule has 0 aliphatic carbocycles. The Morgan fingerprint density at radius 1 is 1.79 bits per heavy atom. The number of nitrogens with one attached hydrogen (secondary N) is 1. The number of nitrogens with two attached hydrogens (primary N) is 1. The van der Waals surface area contributed by atoms with Gasteiger partial charge in [0.1, 0.15) is 0 Å². The van der Waals surface area contributed by atoms with Gasteiger partial charge in [-0.15, -0.1) is 0 Å². The minimum atomic E-state index is -0.166. The van der Waals surface area contributed by atoms with E-state index in [0.717, 1.165) is 5.56 Å². The van der Waals surface area contributed by atoms with Crippen molar-refractivity contribution in [3.63, 3.8) is 0 Å². The largest absolute Gasteiger partial charge is 0.349 e. The van der Waals surface area contributed by atoms with E-state index in [4.69, 9.17) is 5.73 Å². The molecular formula is C9H16N4O. The zero-order chi connectivity index (χ0) is 10.7. The van der Waals surface area contributed by atoms with Gasteiger partial charge in [0.15, 0.2) is 5.69 Å². The standard InChI is InChI=1S/C9H16N4O/c1-6-5-13(3)12-8(6)9(14)11-4-7(2)10/h5,7H,4,10H2,1-3H3,(H,11,14). The molecule has 5 heteroatoms. The fourth-order valence-corrected chi connectivity index (χ4v) is 1.17. The Kier molecular flexibility index (Phi) is 3.24. The number of hydrogen-bond donors (Lipinski definition) is 2. The topological polar surface area (TPSA) is 72.9 Å². The molecule has 0 bridgehead atoms. The molecule has 0 radical (unpaired) electrons. The van der Waals surface area contributed by atoms with Gasteiger partial charge < -0.3 is 11.1 Å². The van der Waals surface area contributed by atoms with Crippen molar-refractivity contribution in [3.05, 3.63) is 17.5 Å². The second-order valence-corrected chi connectivity index (χ2v) is 3.52. The van der Waals surface area contributed by atoms with Gasteiger partial charge in [0.05, 0.1) is 0 Å². The monoisotopic (exact) mass is 196 g/mol. The third-order valence-electron chi connectivity index (χ3n) is 1.81. The van der Waals surface area contributed by atoms with Crippen molar-refractivity contribution in [1.29, 1.82) is 0 Å². The van der Waals surface area contributed by atoms with Crippen molar-refractivity contribution < 1.29 is 4.79 Å². The van der Waals surface area contributed by atoms with Crippen LogP contribution in [0, 0.1) is 6.92 Å². The van der Waals surface area contributed by atoms with E-state index < -0.39 is 0 Å². The van der Waals surface area contributed by atoms with Crippen molar-refractivity contribution in [3.8, 4) is 0 Å². The first kappa shape index (κ1) is 10.7. The van der Waals surface area contributed by atoms with Crippen molar-refractivity contribution in [2.45, 2.75) is 19.9 Å². The van der Waals surface area contributed by atoms with Gasteiger partial charge in [-0.3, -0.25) is 9.48 Å². The summed E-state index contributed by atoms with van der Waals surface area (Å²) in [6, 6.07) is -0.0389. The second-order valence-electron chi connectivity index (χ2n) is 3.52. The second kappa shape index (κ2) is 4.23. The summed E-state index contributed by atoms with van der Waals surface area (Å²) in [7, 11) is 1.79. The van der Waals surface area contributed by atoms with Gasteiger partial charge in [-0.2, -0.15) is 5.10 Å². The summed E-state index contributed by atoms with van der Waals surface area (Å²) in [5.74, 6) is -0.166. The number of aryl methyl sites for hydroxylation is 2. The molecular weight excluding hydrogens is 180 g/mol. The first-order valence-corrected chi connectivity index (χ1v) is 4.54. The van der Waals surface area contributed by atoms with Gasteiger partial charge in [0, 0.05) is 31.4 Å². The minimum Gasteiger partial charge on any atom is -0.349 e. The zero-order valence-corrected chi connectivity index (χ0v) is 8.74. The molecule has 0 spiro atoms. The van der Waals surface area contributed by atoms with E-state index in [-0.39, 0.29) is 11.9 Å². The minimum absolute atomic E-state index is 0.0389. The van der Waals surface area contributed by atoms with Gasteiger partial charge in [-0.25, -0.2) is 0 Å². The molecule has 1 atom stereocenters. The molecule has 78 valence electrons. The van der Waals surface area contributed by atoms with E-state index in [1.54, 1.807) is 17.9 Å². The third kappa shape index (κ3) is 2.56. The highest BCUT2D eigenvalue weighted by atomic mass is 16.1. The lowest BCUT2D eigenvalue weighted by atomic mass is 10.2. The van der Waals surface area contributed by atoms with E-state index >= 15 is 0 Å². The van der Waals surface area contributed by atoms with Gasteiger partial charge in [0.2, 0.25) is 0 Å². The number of rotatable bonds is 3. The molecule has 1 heterocycles. The van der Waals surface area contributed by atoms with Crippen LogP contribution in [0.5, 0.6) is 0 Å². The number of carbonyl (C=O) groups is 1. The van der Waals surface area contributed by atoms with Crippen molar-refractivity contribution in [1.82, 2.24) is 15.1 Å². The van der Waals surface area contributed by atoms with Gasteiger partial charge in [0.25, 0.3) is 5.91 Å². The summed E-state index contributed by atoms with van der Waals surface area (Å²) in [6.45, 7) is 4.16. The van der Waals surface area contributed by atoms with Crippen LogP contribution in [0.2, 0.25) is 0 Å². The zero-order valence-electron chi connectivity index (χ0n) is 8.74. The molecule has 0 aromatic carbocycles. The summed E-state index contributed by atoms with van der Waals surface area (Å²) < 4.78 is 1.62. The van der Waals surface area contributed by atoms with Crippen LogP contribution < -0.4 is 11.1 Å². The Morgan fingerprint density at radius 3 is 2.86 bits per heavy atom. The number of hydrogen-bond acceptors (Lipinski definition) is 3. The molecule has 0 saturated carbocycles. The van der Waals surface area contributed by atoms with Crippen molar-refractivity contribution >= 4 is 5.91 Å². The van der Waals surface area contributed by atoms with Gasteiger partial charge in [-0.05, 0) is 13.8 Å². The first-order valence-electron chi connectivity index (χ1n) is 4.54. The molecule has 0 saturated heterocycles. The van der Waals surface area contributed by atoms with Crippen LogP contribution in [0.15, 0.2) is 6.20 Å². The summed E-state index contributed by atoms with van der Waals surface area (Å²) in [5.41, 5.74) is 6.86. The summed E-state index contributed by atoms with van der Waals surface area (Å²) in [5, 5.41) is 6.76. The maximum absolute atomic E-state index is 11.5. The number of aromatic nitrogens is 2. The Labute approximate surface area is 83.3 Å². The maximum atomic E-state index is 11.5. The smallest absolute Gasteiger partial charge is 0.272 e. The van der Waals surface area contributed by atoms with Gasteiger partial charge in [-0.1, -0.05) is 0 Å². The molecule has 1 aromatic heterocycles. The van der Waals surface area contributed by atoms with Crippen LogP contribution in [0.1, 0.15) is 23.0 Å². The molecule has 14 heavy (non-hydrogen) atoms. The van der Waals surface area contributed by atoms with Crippen molar-refractivity contribution in [2.24, 2.45) is 12.8 Å². The average Bonchev–Trinajstić information content (AvgIpc) is 2.41. The molecule has 1 rings (SSSR count). The summed E-state index contributed by atoms with van der Waals surface area (Å²) in [6.07, 6.45) is 1.81. The lowest BCUT2D eigenvalue weighted by molar-refractivity contribution is 0.0945. The van der Waals surface area contributed by atoms with Crippen LogP contribution in [0.3, 0.4) is 0 Å². The van der Waals surface area contributed by atoms with Crippen LogP contribution >= 0.6 is 0 Å². The van der Waals surface area contributed by atoms with E-state index in [1.165, 1.54) is 0 Å². The summed E-state index contributed by atoms with van der Waals surface area (Å²) >= 11 is 0. The highest BCUT2D eigenvalue weighted by Gasteiger charge is 2.12. The molecule has 0 aliphatic rings. The Bertz CT molecular complexity index is 330. The third-order valence-corrected chi connectivity index (χ3v) is 1.81. The summed E-state index contributed by atoms with van der Waals surface area (Å²) in [4.78, 5) is 11.5. The number of amides is 1. The highest BCUT2D eigenvalue weighted by Crippen LogP contribution is 2.03. The van der Waals surface area contributed by atoms with E-state index in [2.05, 4.69) is 10.4 Å². The maximum Gasteiger partial charge on any atom is 0.272 e. The SMILES string of the molecule is Cc1cn(C)nc1C(=O)NCC(C)N. The Hall–Kier alpha value is -1.36. The van der Waals surface area contributed by atoms with E-state index in [0.29, 0.717) is 12.2 Å². The highest BCUT2D eigenvalue weighted by molar-refractivity contribution is 5.93. The quantitative estimate of drug-likeness (QED) is 0.703. The molecule has 1 amide bonds. The fourth-order valence-electron chi connectivity index (χ4n) is 1.17. The Balaban J connectivity index is 2.65. The van der Waals surface area contributed by atoms with Crippen molar-refractivity contribution in [2.75, 3.05) is 6.54 Å². The van der Waals surface area contributed by atoms with E-state index in [1.807, 2.05) is 13.8 Å². The predicted octanol–water partition coefficient (Wildman–Crippen LogP) is -0.194. The Morgan fingerprint density at radius 2 is 2.43 bits per heavy atom. The van der Waals surface area contributed by atoms with Crippen LogP contribution in [-0.2, 0) is 7.05 Å². The molecule has 0 aliphatic heterocycles. The van der Waals surface area contributed by atoms with E-state index in [9.17, 15) is 4.79 Å². The fraction of sp³-hybridized carbons (Fsp3) is 0.556. The molecule has 1 unspecified atom stereocenters.